The van der Waals surface area contributed by atoms with Crippen LogP contribution in [0.4, 0.5) is 0 Å². The van der Waals surface area contributed by atoms with Crippen LogP contribution in [0.1, 0.15) is 18.7 Å². The van der Waals surface area contributed by atoms with Crippen LogP contribution in [0.25, 0.3) is 22.2 Å². The molecule has 3 heteroatoms. The van der Waals surface area contributed by atoms with Crippen molar-refractivity contribution in [2.45, 2.75) is 20.1 Å². The predicted molar refractivity (Wildman–Crippen MR) is 85.2 cm³/mol. The predicted octanol–water partition coefficient (Wildman–Crippen LogP) is 5.29. The quantitative estimate of drug-likeness (QED) is 0.547. The minimum atomic E-state index is 0.0120. The van der Waals surface area contributed by atoms with E-state index in [1.807, 2.05) is 0 Å². The summed E-state index contributed by atoms with van der Waals surface area (Å²) in [5.74, 6) is 0.979. The Kier molecular flexibility index (Phi) is 2.48. The molecule has 0 saturated heterocycles. The monoisotopic (exact) mass is 327 g/mol. The van der Waals surface area contributed by atoms with Crippen molar-refractivity contribution in [2.24, 2.45) is 0 Å². The lowest BCUT2D eigenvalue weighted by molar-refractivity contribution is 0.152. The van der Waals surface area contributed by atoms with Gasteiger partial charge >= 0.3 is 0 Å². The fourth-order valence-corrected chi connectivity index (χ4v) is 3.36. The normalized spacial score (nSPS) is 16.6. The second-order valence-corrected chi connectivity index (χ2v) is 6.24. The van der Waals surface area contributed by atoms with Gasteiger partial charge in [-0.15, -0.1) is 0 Å². The third-order valence-corrected chi connectivity index (χ3v) is 4.37. The van der Waals surface area contributed by atoms with Crippen molar-refractivity contribution in [3.05, 3.63) is 52.5 Å². The summed E-state index contributed by atoms with van der Waals surface area (Å²) in [6.07, 6.45) is 0.0120. The molecule has 100 valence electrons. The molecule has 1 aromatic heterocycles. The molecule has 0 N–H and O–H groups in total. The molecular formula is C17H14BrNO. The van der Waals surface area contributed by atoms with E-state index >= 15 is 0 Å². The summed E-state index contributed by atoms with van der Waals surface area (Å²) in [4.78, 5) is 0. The number of ether oxygens (including phenoxy) is 1. The third-order valence-electron chi connectivity index (χ3n) is 3.88. The highest BCUT2D eigenvalue weighted by atomic mass is 79.9. The molecule has 0 amide bonds. The molecule has 1 aliphatic rings. The number of aryl methyl sites for hydroxylation is 1. The zero-order valence-corrected chi connectivity index (χ0v) is 12.9. The van der Waals surface area contributed by atoms with Crippen molar-refractivity contribution >= 4 is 26.8 Å². The van der Waals surface area contributed by atoms with Gasteiger partial charge in [0.2, 0.25) is 0 Å². The van der Waals surface area contributed by atoms with Crippen LogP contribution in [-0.4, -0.2) is 4.57 Å². The van der Waals surface area contributed by atoms with Crippen LogP contribution in [0.2, 0.25) is 0 Å². The van der Waals surface area contributed by atoms with E-state index in [2.05, 4.69) is 76.8 Å². The van der Waals surface area contributed by atoms with Crippen LogP contribution in [0.15, 0.2) is 46.9 Å². The van der Waals surface area contributed by atoms with Crippen LogP contribution >= 0.6 is 15.9 Å². The number of fused-ring (bicyclic) bond motifs is 5. The van der Waals surface area contributed by atoms with E-state index in [4.69, 9.17) is 4.74 Å². The Morgan fingerprint density at radius 2 is 1.95 bits per heavy atom. The zero-order valence-electron chi connectivity index (χ0n) is 11.4. The van der Waals surface area contributed by atoms with Crippen molar-refractivity contribution in [1.82, 2.24) is 4.57 Å². The molecule has 3 aromatic rings. The molecule has 2 aromatic carbocycles. The van der Waals surface area contributed by atoms with Crippen molar-refractivity contribution in [3.63, 3.8) is 0 Å². The highest BCUT2D eigenvalue weighted by molar-refractivity contribution is 9.10. The van der Waals surface area contributed by atoms with Crippen molar-refractivity contribution < 1.29 is 4.74 Å². The lowest BCUT2D eigenvalue weighted by Crippen LogP contribution is -2.17. The number of nitrogens with zero attached hydrogens (tertiary/aromatic N) is 1. The maximum atomic E-state index is 6.09. The van der Waals surface area contributed by atoms with E-state index in [1.54, 1.807) is 0 Å². The van der Waals surface area contributed by atoms with Crippen LogP contribution in [0.5, 0.6) is 5.75 Å². The Balaban J connectivity index is 2.07. The fourth-order valence-electron chi connectivity index (χ4n) is 2.98. The average Bonchev–Trinajstić information content (AvgIpc) is 2.77. The molecule has 0 radical (unpaired) electrons. The van der Waals surface area contributed by atoms with E-state index in [0.29, 0.717) is 0 Å². The van der Waals surface area contributed by atoms with Gasteiger partial charge in [0.05, 0.1) is 11.2 Å². The van der Waals surface area contributed by atoms with E-state index in [9.17, 15) is 0 Å². The van der Waals surface area contributed by atoms with Gasteiger partial charge in [0.25, 0.3) is 0 Å². The Labute approximate surface area is 126 Å². The van der Waals surface area contributed by atoms with Crippen LogP contribution < -0.4 is 4.74 Å². The largest absolute Gasteiger partial charge is 0.470 e. The SMILES string of the molecule is Cc1ccc2c(c1)OC(C)n1c-2cc2cc(Br)ccc21. The summed E-state index contributed by atoms with van der Waals surface area (Å²) in [6, 6.07) is 15.0. The van der Waals surface area contributed by atoms with E-state index in [1.165, 1.54) is 27.7 Å². The molecule has 0 spiro atoms. The summed E-state index contributed by atoms with van der Waals surface area (Å²) in [5, 5.41) is 1.23. The molecule has 20 heavy (non-hydrogen) atoms. The van der Waals surface area contributed by atoms with Gasteiger partial charge < -0.3 is 9.30 Å². The molecule has 1 atom stereocenters. The smallest absolute Gasteiger partial charge is 0.173 e. The standard InChI is InChI=1S/C17H14BrNO/c1-10-3-5-14-16-9-12-8-13(18)4-6-15(12)19(16)11(2)20-17(14)7-10/h3-9,11H,1-2H3. The summed E-state index contributed by atoms with van der Waals surface area (Å²) in [6.45, 7) is 4.19. The number of hydrogen-bond acceptors (Lipinski definition) is 1. The maximum Gasteiger partial charge on any atom is 0.173 e. The minimum Gasteiger partial charge on any atom is -0.470 e. The second kappa shape index (κ2) is 4.13. The fraction of sp³-hybridized carbons (Fsp3) is 0.176. The lowest BCUT2D eigenvalue weighted by Gasteiger charge is -2.27. The molecule has 0 fully saturated rings. The Bertz CT molecular complexity index is 834. The number of hydrogen-bond donors (Lipinski definition) is 0. The van der Waals surface area contributed by atoms with Gasteiger partial charge in [-0.05, 0) is 55.8 Å². The van der Waals surface area contributed by atoms with Crippen molar-refractivity contribution in [3.8, 4) is 17.0 Å². The van der Waals surface area contributed by atoms with Gasteiger partial charge in [-0.2, -0.15) is 0 Å². The highest BCUT2D eigenvalue weighted by Crippen LogP contribution is 2.42. The van der Waals surface area contributed by atoms with Crippen LogP contribution in [0.3, 0.4) is 0 Å². The zero-order chi connectivity index (χ0) is 13.9. The van der Waals surface area contributed by atoms with E-state index in [0.717, 1.165) is 10.2 Å². The topological polar surface area (TPSA) is 14.2 Å². The summed E-state index contributed by atoms with van der Waals surface area (Å²) >= 11 is 3.54. The molecule has 0 saturated carbocycles. The van der Waals surface area contributed by atoms with E-state index < -0.39 is 0 Å². The molecule has 2 heterocycles. The molecule has 2 nitrogen and oxygen atoms in total. The number of rotatable bonds is 0. The van der Waals surface area contributed by atoms with Crippen LogP contribution in [-0.2, 0) is 0 Å². The first kappa shape index (κ1) is 12.0. The first-order valence-corrected chi connectivity index (χ1v) is 7.51. The maximum absolute atomic E-state index is 6.09. The summed E-state index contributed by atoms with van der Waals surface area (Å²) in [7, 11) is 0. The second-order valence-electron chi connectivity index (χ2n) is 5.32. The van der Waals surface area contributed by atoms with Gasteiger partial charge in [0.15, 0.2) is 6.23 Å². The molecule has 0 bridgehead atoms. The van der Waals surface area contributed by atoms with Gasteiger partial charge in [0.1, 0.15) is 5.75 Å². The lowest BCUT2D eigenvalue weighted by atomic mass is 10.1. The third kappa shape index (κ3) is 1.63. The van der Waals surface area contributed by atoms with Gasteiger partial charge in [-0.3, -0.25) is 0 Å². The Morgan fingerprint density at radius 1 is 1.10 bits per heavy atom. The van der Waals surface area contributed by atoms with Crippen molar-refractivity contribution in [1.29, 1.82) is 0 Å². The molecule has 1 aliphatic heterocycles. The number of aromatic nitrogens is 1. The minimum absolute atomic E-state index is 0.0120. The Hall–Kier alpha value is -1.74. The highest BCUT2D eigenvalue weighted by Gasteiger charge is 2.24. The van der Waals surface area contributed by atoms with E-state index in [-0.39, 0.29) is 6.23 Å². The summed E-state index contributed by atoms with van der Waals surface area (Å²) in [5.41, 5.74) is 4.83. The first-order valence-electron chi connectivity index (χ1n) is 6.71. The van der Waals surface area contributed by atoms with Crippen LogP contribution in [0, 0.1) is 6.92 Å². The molecule has 1 unspecified atom stereocenters. The Morgan fingerprint density at radius 3 is 2.80 bits per heavy atom. The molecule has 4 rings (SSSR count). The molecular weight excluding hydrogens is 314 g/mol. The number of benzene rings is 2. The average molecular weight is 328 g/mol. The van der Waals surface area contributed by atoms with Gasteiger partial charge in [-0.25, -0.2) is 0 Å². The van der Waals surface area contributed by atoms with Gasteiger partial charge in [0, 0.05) is 15.4 Å². The van der Waals surface area contributed by atoms with Gasteiger partial charge in [-0.1, -0.05) is 22.0 Å². The number of halogens is 1. The first-order chi connectivity index (χ1) is 9.63. The summed E-state index contributed by atoms with van der Waals surface area (Å²) < 4.78 is 9.45. The molecule has 0 aliphatic carbocycles. The van der Waals surface area contributed by atoms with Crippen molar-refractivity contribution in [2.75, 3.05) is 0 Å².